The molecular formula is C17H20FN3. The van der Waals surface area contributed by atoms with Gasteiger partial charge in [0.15, 0.2) is 0 Å². The Morgan fingerprint density at radius 1 is 1.24 bits per heavy atom. The van der Waals surface area contributed by atoms with Gasteiger partial charge in [0.05, 0.1) is 18.1 Å². The lowest BCUT2D eigenvalue weighted by atomic mass is 9.77. The average Bonchev–Trinajstić information content (AvgIpc) is 2.42. The molecule has 0 aliphatic heterocycles. The van der Waals surface area contributed by atoms with Gasteiger partial charge in [0.1, 0.15) is 11.6 Å². The van der Waals surface area contributed by atoms with E-state index in [1.54, 1.807) is 0 Å². The van der Waals surface area contributed by atoms with Crippen molar-refractivity contribution < 1.29 is 4.39 Å². The smallest absolute Gasteiger partial charge is 0.141 e. The Hall–Kier alpha value is -1.97. The summed E-state index contributed by atoms with van der Waals surface area (Å²) in [5.74, 6) is 0.743. The van der Waals surface area contributed by atoms with Crippen LogP contribution in [0.3, 0.4) is 0 Å². The first-order valence-electron chi connectivity index (χ1n) is 7.60. The lowest BCUT2D eigenvalue weighted by Gasteiger charge is -2.28. The van der Waals surface area contributed by atoms with Crippen molar-refractivity contribution in [1.29, 1.82) is 0 Å². The van der Waals surface area contributed by atoms with Crippen LogP contribution in [0.15, 0.2) is 24.5 Å². The number of aromatic nitrogens is 2. The van der Waals surface area contributed by atoms with E-state index >= 15 is 0 Å². The highest BCUT2D eigenvalue weighted by atomic mass is 19.1. The Labute approximate surface area is 124 Å². The number of nitrogens with two attached hydrogens (primary N) is 1. The first kappa shape index (κ1) is 14.0. The molecule has 0 radical (unpaired) electrons. The summed E-state index contributed by atoms with van der Waals surface area (Å²) in [4.78, 5) is 8.20. The van der Waals surface area contributed by atoms with Gasteiger partial charge in [0, 0.05) is 5.56 Å². The predicted molar refractivity (Wildman–Crippen MR) is 82.4 cm³/mol. The molecule has 2 aromatic rings. The van der Waals surface area contributed by atoms with E-state index in [9.17, 15) is 4.39 Å². The molecule has 21 heavy (non-hydrogen) atoms. The van der Waals surface area contributed by atoms with Crippen LogP contribution in [0.25, 0.3) is 11.3 Å². The highest BCUT2D eigenvalue weighted by Crippen LogP contribution is 2.40. The van der Waals surface area contributed by atoms with Crippen LogP contribution in [0, 0.1) is 5.82 Å². The Morgan fingerprint density at radius 3 is 2.62 bits per heavy atom. The van der Waals surface area contributed by atoms with Gasteiger partial charge in [-0.15, -0.1) is 0 Å². The summed E-state index contributed by atoms with van der Waals surface area (Å²) >= 11 is 0. The van der Waals surface area contributed by atoms with Gasteiger partial charge in [-0.05, 0) is 42.4 Å². The second-order valence-corrected chi connectivity index (χ2v) is 5.70. The fourth-order valence-corrected chi connectivity index (χ4v) is 2.92. The molecule has 1 aliphatic rings. The summed E-state index contributed by atoms with van der Waals surface area (Å²) in [6.07, 6.45) is 8.32. The van der Waals surface area contributed by atoms with Gasteiger partial charge in [-0.3, -0.25) is 4.98 Å². The summed E-state index contributed by atoms with van der Waals surface area (Å²) in [5.41, 5.74) is 8.65. The lowest BCUT2D eigenvalue weighted by Crippen LogP contribution is -2.13. The van der Waals surface area contributed by atoms with Crippen molar-refractivity contribution in [2.24, 2.45) is 0 Å². The van der Waals surface area contributed by atoms with Crippen molar-refractivity contribution in [3.05, 3.63) is 41.5 Å². The summed E-state index contributed by atoms with van der Waals surface area (Å²) in [6, 6.07) is 3.91. The van der Waals surface area contributed by atoms with Gasteiger partial charge in [0.2, 0.25) is 0 Å². The molecule has 3 rings (SSSR count). The monoisotopic (exact) mass is 285 g/mol. The minimum atomic E-state index is -0.139. The zero-order chi connectivity index (χ0) is 14.8. The largest absolute Gasteiger partial charge is 0.382 e. The minimum Gasteiger partial charge on any atom is -0.382 e. The van der Waals surface area contributed by atoms with Crippen LogP contribution in [0.5, 0.6) is 0 Å². The zero-order valence-corrected chi connectivity index (χ0v) is 12.3. The molecule has 1 saturated carbocycles. The molecule has 0 atom stereocenters. The number of nitrogen functional groups attached to an aromatic ring is 1. The molecule has 0 amide bonds. The minimum absolute atomic E-state index is 0.139. The highest BCUT2D eigenvalue weighted by molar-refractivity contribution is 5.62. The highest BCUT2D eigenvalue weighted by Gasteiger charge is 2.25. The fraction of sp³-hybridized carbons (Fsp3) is 0.412. The molecule has 4 heteroatoms. The van der Waals surface area contributed by atoms with Crippen LogP contribution >= 0.6 is 0 Å². The quantitative estimate of drug-likeness (QED) is 0.920. The molecular weight excluding hydrogens is 265 g/mol. The summed E-state index contributed by atoms with van der Waals surface area (Å²) in [5, 5.41) is 0. The van der Waals surface area contributed by atoms with Crippen molar-refractivity contribution >= 4 is 5.82 Å². The third-order valence-corrected chi connectivity index (χ3v) is 4.27. The van der Waals surface area contributed by atoms with Crippen LogP contribution in [0.2, 0.25) is 0 Å². The van der Waals surface area contributed by atoms with Crippen LogP contribution in [0.1, 0.15) is 49.7 Å². The molecule has 0 bridgehead atoms. The number of anilines is 1. The van der Waals surface area contributed by atoms with Gasteiger partial charge in [-0.25, -0.2) is 9.37 Å². The van der Waals surface area contributed by atoms with E-state index < -0.39 is 0 Å². The van der Waals surface area contributed by atoms with E-state index in [1.807, 2.05) is 6.07 Å². The molecule has 1 fully saturated rings. The summed E-state index contributed by atoms with van der Waals surface area (Å²) < 4.78 is 14.9. The number of hydrogen-bond donors (Lipinski definition) is 1. The van der Waals surface area contributed by atoms with Crippen molar-refractivity contribution in [3.8, 4) is 11.3 Å². The molecule has 0 spiro atoms. The van der Waals surface area contributed by atoms with Crippen molar-refractivity contribution in [2.75, 3.05) is 5.73 Å². The molecule has 1 aromatic carbocycles. The number of benzene rings is 1. The average molecular weight is 285 g/mol. The molecule has 0 unspecified atom stereocenters. The molecule has 3 nitrogen and oxygen atoms in total. The van der Waals surface area contributed by atoms with E-state index in [0.717, 1.165) is 18.4 Å². The molecule has 1 aromatic heterocycles. The van der Waals surface area contributed by atoms with E-state index in [2.05, 4.69) is 23.0 Å². The van der Waals surface area contributed by atoms with Gasteiger partial charge in [-0.2, -0.15) is 0 Å². The summed E-state index contributed by atoms with van der Waals surface area (Å²) in [7, 11) is 0. The number of hydrogen-bond acceptors (Lipinski definition) is 3. The van der Waals surface area contributed by atoms with Crippen molar-refractivity contribution in [1.82, 2.24) is 9.97 Å². The first-order valence-corrected chi connectivity index (χ1v) is 7.60. The molecule has 110 valence electrons. The lowest BCUT2D eigenvalue weighted by molar-refractivity contribution is 0.414. The zero-order valence-electron chi connectivity index (χ0n) is 12.3. The Balaban J connectivity index is 2.05. The van der Waals surface area contributed by atoms with Gasteiger partial charge in [0.25, 0.3) is 0 Å². The third kappa shape index (κ3) is 2.62. The normalized spacial score (nSPS) is 15.0. The maximum absolute atomic E-state index is 14.9. The van der Waals surface area contributed by atoms with Crippen LogP contribution in [-0.2, 0) is 6.42 Å². The first-order chi connectivity index (χ1) is 10.2. The molecule has 2 N–H and O–H groups in total. The maximum atomic E-state index is 14.9. The maximum Gasteiger partial charge on any atom is 0.141 e. The van der Waals surface area contributed by atoms with Crippen LogP contribution < -0.4 is 5.73 Å². The standard InChI is InChI=1S/C17H20FN3/c1-2-4-13-12(11-5-3-6-11)7-8-14(17(13)18)15-9-21-16(19)10-20-15/h7-11H,2-6H2,1H3,(H2,19,21). The van der Waals surface area contributed by atoms with Gasteiger partial charge in [-0.1, -0.05) is 25.8 Å². The summed E-state index contributed by atoms with van der Waals surface area (Å²) in [6.45, 7) is 2.08. The number of rotatable bonds is 4. The molecule has 1 heterocycles. The Bertz CT molecular complexity index is 633. The SMILES string of the molecule is CCCc1c(C2CCC2)ccc(-c2cnc(N)cn2)c1F. The topological polar surface area (TPSA) is 51.8 Å². The van der Waals surface area contributed by atoms with Gasteiger partial charge >= 0.3 is 0 Å². The third-order valence-electron chi connectivity index (χ3n) is 4.27. The Kier molecular flexibility index (Phi) is 3.86. The van der Waals surface area contributed by atoms with Crippen LogP contribution in [0.4, 0.5) is 10.2 Å². The van der Waals surface area contributed by atoms with E-state index in [1.165, 1.54) is 37.2 Å². The number of halogens is 1. The van der Waals surface area contributed by atoms with Gasteiger partial charge < -0.3 is 5.73 Å². The van der Waals surface area contributed by atoms with E-state index in [-0.39, 0.29) is 5.82 Å². The van der Waals surface area contributed by atoms with Crippen molar-refractivity contribution in [3.63, 3.8) is 0 Å². The van der Waals surface area contributed by atoms with Crippen molar-refractivity contribution in [2.45, 2.75) is 44.9 Å². The van der Waals surface area contributed by atoms with E-state index in [4.69, 9.17) is 5.73 Å². The second kappa shape index (κ2) is 5.80. The Morgan fingerprint density at radius 2 is 2.05 bits per heavy atom. The van der Waals surface area contributed by atoms with Crippen LogP contribution in [-0.4, -0.2) is 9.97 Å². The second-order valence-electron chi connectivity index (χ2n) is 5.70. The molecule has 0 saturated heterocycles. The van der Waals surface area contributed by atoms with E-state index in [0.29, 0.717) is 23.0 Å². The predicted octanol–water partition coefficient (Wildman–Crippen LogP) is 4.08. The molecule has 1 aliphatic carbocycles. The number of nitrogens with zero attached hydrogens (tertiary/aromatic N) is 2. The fourth-order valence-electron chi connectivity index (χ4n) is 2.92.